The molecule has 5 aromatic rings. The molecule has 0 aliphatic rings. The number of carbonyl (C=O) groups excluding carboxylic acids is 2. The Balaban J connectivity index is 1.36. The first kappa shape index (κ1) is 36.3. The molecule has 8 nitrogen and oxygen atoms in total. The summed E-state index contributed by atoms with van der Waals surface area (Å²) in [7, 11) is -4.00. The average Bonchev–Trinajstić information content (AvgIpc) is 3.10. The monoisotopic (exact) mass is 737 g/mol. The number of rotatable bonds is 14. The minimum atomic E-state index is -4.00. The highest BCUT2D eigenvalue weighted by molar-refractivity contribution is 7.92. The fourth-order valence-electron chi connectivity index (χ4n) is 4.98. The van der Waals surface area contributed by atoms with E-state index in [1.807, 2.05) is 30.3 Å². The predicted octanol–water partition coefficient (Wildman–Crippen LogP) is 7.41. The lowest BCUT2D eigenvalue weighted by Crippen LogP contribution is -2.51. The molecule has 13 heteroatoms. The van der Waals surface area contributed by atoms with Crippen LogP contribution in [0.1, 0.15) is 16.7 Å². The molecule has 1 atom stereocenters. The molecule has 0 aliphatic carbocycles. The molecule has 0 aliphatic heterocycles. The van der Waals surface area contributed by atoms with E-state index in [1.54, 1.807) is 18.2 Å². The van der Waals surface area contributed by atoms with Crippen molar-refractivity contribution in [3.63, 3.8) is 0 Å². The van der Waals surface area contributed by atoms with Crippen LogP contribution in [0.4, 0.5) is 14.5 Å². The van der Waals surface area contributed by atoms with Crippen LogP contribution in [0.15, 0.2) is 126 Å². The second-order valence-electron chi connectivity index (χ2n) is 11.2. The summed E-state index contributed by atoms with van der Waals surface area (Å²) >= 11 is 12.4. The van der Waals surface area contributed by atoms with E-state index in [4.69, 9.17) is 27.9 Å². The van der Waals surface area contributed by atoms with Crippen molar-refractivity contribution in [2.75, 3.05) is 11.3 Å². The summed E-state index contributed by atoms with van der Waals surface area (Å²) in [5.74, 6) is -1.77. The van der Waals surface area contributed by atoms with Gasteiger partial charge in [-0.1, -0.05) is 71.7 Å². The minimum absolute atomic E-state index is 0.0403. The van der Waals surface area contributed by atoms with Gasteiger partial charge >= 0.3 is 0 Å². The minimum Gasteiger partial charge on any atom is -0.484 e. The zero-order valence-corrected chi connectivity index (χ0v) is 28.7. The van der Waals surface area contributed by atoms with Crippen molar-refractivity contribution in [2.45, 2.75) is 30.4 Å². The Morgan fingerprint density at radius 3 is 2.06 bits per heavy atom. The number of nitrogens with zero attached hydrogens (tertiary/aromatic N) is 1. The SMILES string of the molecule is O=C(NCc1ccc(Cl)cc1Cl)[C@H](Cc1ccccc1)N(Cc1ccc(F)cc1)C(=O)COc1ccc(S(=O)(=O)Nc2ccc(F)cc2)cc1. The zero-order chi connectivity index (χ0) is 35.7. The van der Waals surface area contributed by atoms with E-state index in [9.17, 15) is 26.8 Å². The van der Waals surface area contributed by atoms with Gasteiger partial charge in [-0.05, 0) is 89.5 Å². The van der Waals surface area contributed by atoms with E-state index < -0.39 is 46.1 Å². The quantitative estimate of drug-likeness (QED) is 0.124. The molecular formula is C37H31Cl2F2N3O5S. The maximum Gasteiger partial charge on any atom is 0.261 e. The Morgan fingerprint density at radius 2 is 1.42 bits per heavy atom. The summed E-state index contributed by atoms with van der Waals surface area (Å²) in [6, 6.07) is 28.9. The normalized spacial score (nSPS) is 11.8. The maximum absolute atomic E-state index is 13.9. The first-order valence-corrected chi connectivity index (χ1v) is 17.5. The van der Waals surface area contributed by atoms with Crippen LogP contribution in [0, 0.1) is 11.6 Å². The number of benzene rings is 5. The summed E-state index contributed by atoms with van der Waals surface area (Å²) in [6.45, 7) is -0.468. The van der Waals surface area contributed by atoms with E-state index in [0.29, 0.717) is 21.2 Å². The van der Waals surface area contributed by atoms with Crippen molar-refractivity contribution in [2.24, 2.45) is 0 Å². The van der Waals surface area contributed by atoms with Gasteiger partial charge in [-0.25, -0.2) is 17.2 Å². The van der Waals surface area contributed by atoms with E-state index in [-0.39, 0.29) is 35.8 Å². The second-order valence-corrected chi connectivity index (χ2v) is 13.7. The van der Waals surface area contributed by atoms with Crippen LogP contribution in [-0.4, -0.2) is 37.8 Å². The Kier molecular flexibility index (Phi) is 12.1. The topological polar surface area (TPSA) is 105 Å². The van der Waals surface area contributed by atoms with Crippen molar-refractivity contribution in [1.82, 2.24) is 10.2 Å². The van der Waals surface area contributed by atoms with Gasteiger partial charge in [0.15, 0.2) is 6.61 Å². The molecule has 0 radical (unpaired) electrons. The molecular weight excluding hydrogens is 707 g/mol. The lowest BCUT2D eigenvalue weighted by atomic mass is 10.0. The van der Waals surface area contributed by atoms with Gasteiger partial charge in [-0.15, -0.1) is 0 Å². The third kappa shape index (κ3) is 10.0. The Morgan fingerprint density at radius 1 is 0.780 bits per heavy atom. The van der Waals surface area contributed by atoms with Gasteiger partial charge in [0.2, 0.25) is 5.91 Å². The second kappa shape index (κ2) is 16.6. The summed E-state index contributed by atoms with van der Waals surface area (Å²) in [6.07, 6.45) is 0.154. The van der Waals surface area contributed by atoms with Crippen LogP contribution < -0.4 is 14.8 Å². The van der Waals surface area contributed by atoms with E-state index in [1.165, 1.54) is 65.6 Å². The predicted molar refractivity (Wildman–Crippen MR) is 188 cm³/mol. The molecule has 50 heavy (non-hydrogen) atoms. The number of carbonyl (C=O) groups is 2. The standard InChI is InChI=1S/C37H31Cl2F2N3O5S/c38-28-9-8-27(34(39)21-28)22-42-37(46)35(20-25-4-2-1-3-5-25)44(23-26-6-10-29(40)11-7-26)36(45)24-49-32-16-18-33(19-17-32)50(47,48)43-31-14-12-30(41)13-15-31/h1-19,21,35,43H,20,22-24H2,(H,42,46)/t35-/m0/s1. The molecule has 0 bridgehead atoms. The van der Waals surface area contributed by atoms with Crippen molar-refractivity contribution in [1.29, 1.82) is 0 Å². The van der Waals surface area contributed by atoms with Gasteiger partial charge in [0.25, 0.3) is 15.9 Å². The Bertz CT molecular complexity index is 2040. The summed E-state index contributed by atoms with van der Waals surface area (Å²) in [4.78, 5) is 29.1. The van der Waals surface area contributed by atoms with Crippen LogP contribution in [0.2, 0.25) is 10.0 Å². The smallest absolute Gasteiger partial charge is 0.261 e. The van der Waals surface area contributed by atoms with E-state index in [0.717, 1.165) is 17.7 Å². The van der Waals surface area contributed by atoms with Gasteiger partial charge in [-0.3, -0.25) is 14.3 Å². The van der Waals surface area contributed by atoms with Crippen molar-refractivity contribution in [3.05, 3.63) is 160 Å². The van der Waals surface area contributed by atoms with E-state index >= 15 is 0 Å². The van der Waals surface area contributed by atoms with E-state index in [2.05, 4.69) is 10.0 Å². The molecule has 2 N–H and O–H groups in total. The van der Waals surface area contributed by atoms with Gasteiger partial charge < -0.3 is 15.0 Å². The number of hydrogen-bond acceptors (Lipinski definition) is 5. The zero-order valence-electron chi connectivity index (χ0n) is 26.4. The van der Waals surface area contributed by atoms with Crippen molar-refractivity contribution in [3.8, 4) is 5.75 Å². The van der Waals surface area contributed by atoms with Crippen LogP contribution in [0.5, 0.6) is 5.75 Å². The number of amides is 2. The van der Waals surface area contributed by atoms with Crippen LogP contribution in [-0.2, 0) is 39.1 Å². The molecule has 0 saturated carbocycles. The highest BCUT2D eigenvalue weighted by atomic mass is 35.5. The number of nitrogens with one attached hydrogen (secondary N) is 2. The van der Waals surface area contributed by atoms with Crippen LogP contribution in [0.25, 0.3) is 0 Å². The van der Waals surface area contributed by atoms with Crippen molar-refractivity contribution >= 4 is 50.7 Å². The number of sulfonamides is 1. The van der Waals surface area contributed by atoms with Gasteiger partial charge in [0.1, 0.15) is 23.4 Å². The molecule has 0 aromatic heterocycles. The fraction of sp³-hybridized carbons (Fsp3) is 0.135. The highest BCUT2D eigenvalue weighted by Gasteiger charge is 2.31. The molecule has 0 saturated heterocycles. The first-order chi connectivity index (χ1) is 24.0. The number of anilines is 1. The fourth-order valence-corrected chi connectivity index (χ4v) is 6.51. The van der Waals surface area contributed by atoms with Gasteiger partial charge in [-0.2, -0.15) is 0 Å². The Labute approximate surface area is 298 Å². The van der Waals surface area contributed by atoms with Gasteiger partial charge in [0, 0.05) is 35.2 Å². The molecule has 5 rings (SSSR count). The van der Waals surface area contributed by atoms with Crippen LogP contribution >= 0.6 is 23.2 Å². The molecule has 2 amide bonds. The Hall–Kier alpha value is -4.97. The molecule has 0 heterocycles. The van der Waals surface area contributed by atoms with Crippen LogP contribution in [0.3, 0.4) is 0 Å². The average molecular weight is 739 g/mol. The summed E-state index contributed by atoms with van der Waals surface area (Å²) < 4.78 is 60.8. The first-order valence-electron chi connectivity index (χ1n) is 15.3. The highest BCUT2D eigenvalue weighted by Crippen LogP contribution is 2.23. The third-order valence-corrected chi connectivity index (χ3v) is 9.58. The number of halogens is 4. The molecule has 258 valence electrons. The number of ether oxygens (including phenoxy) is 1. The summed E-state index contributed by atoms with van der Waals surface area (Å²) in [5.41, 5.74) is 2.18. The van der Waals surface area contributed by atoms with Gasteiger partial charge in [0.05, 0.1) is 4.90 Å². The molecule has 0 unspecified atom stereocenters. The molecule has 5 aromatic carbocycles. The lowest BCUT2D eigenvalue weighted by Gasteiger charge is -2.31. The molecule has 0 fully saturated rings. The van der Waals surface area contributed by atoms with Crippen molar-refractivity contribution < 1.29 is 31.5 Å². The largest absolute Gasteiger partial charge is 0.484 e. The number of hydrogen-bond donors (Lipinski definition) is 2. The maximum atomic E-state index is 13.9. The third-order valence-electron chi connectivity index (χ3n) is 7.60. The molecule has 0 spiro atoms. The summed E-state index contributed by atoms with van der Waals surface area (Å²) in [5, 5.41) is 3.70. The lowest BCUT2D eigenvalue weighted by molar-refractivity contribution is -0.142.